The molecule has 0 amide bonds. The van der Waals surface area contributed by atoms with Crippen LogP contribution in [-0.2, 0) is 0 Å². The predicted molar refractivity (Wildman–Crippen MR) is 106 cm³/mol. The molecule has 138 valence electrons. The highest BCUT2D eigenvalue weighted by atomic mass is 35.5. The van der Waals surface area contributed by atoms with Crippen LogP contribution in [0.15, 0.2) is 24.4 Å². The van der Waals surface area contributed by atoms with Crippen molar-refractivity contribution < 1.29 is 4.79 Å². The second kappa shape index (κ2) is 6.82. The minimum atomic E-state index is 0.125. The fourth-order valence-corrected chi connectivity index (χ4v) is 4.93. The number of fused-ring (bicyclic) bond motifs is 2. The predicted octanol–water partition coefficient (Wildman–Crippen LogP) is 4.27. The Labute approximate surface area is 159 Å². The fourth-order valence-electron chi connectivity index (χ4n) is 4.71. The van der Waals surface area contributed by atoms with E-state index in [0.29, 0.717) is 34.1 Å². The zero-order valence-electron chi connectivity index (χ0n) is 15.4. The molecule has 4 rings (SSSR count). The summed E-state index contributed by atoms with van der Waals surface area (Å²) >= 11 is 6.24. The van der Waals surface area contributed by atoms with Crippen LogP contribution < -0.4 is 5.73 Å². The van der Waals surface area contributed by atoms with Crippen LogP contribution in [0.2, 0.25) is 5.02 Å². The molecular formula is C21H26ClN3O. The molecule has 2 aliphatic rings. The summed E-state index contributed by atoms with van der Waals surface area (Å²) < 4.78 is 0. The van der Waals surface area contributed by atoms with Crippen molar-refractivity contribution in [3.63, 3.8) is 0 Å². The number of nitrogen functional groups attached to an aromatic ring is 1. The molecule has 1 aliphatic heterocycles. The Morgan fingerprint density at radius 2 is 2.12 bits per heavy atom. The molecular weight excluding hydrogens is 346 g/mol. The van der Waals surface area contributed by atoms with E-state index < -0.39 is 0 Å². The Morgan fingerprint density at radius 1 is 1.38 bits per heavy atom. The molecule has 2 atom stereocenters. The van der Waals surface area contributed by atoms with E-state index in [9.17, 15) is 4.79 Å². The van der Waals surface area contributed by atoms with Gasteiger partial charge in [0.05, 0.1) is 16.2 Å². The van der Waals surface area contributed by atoms with E-state index in [-0.39, 0.29) is 5.78 Å². The first-order chi connectivity index (χ1) is 12.5. The Balaban J connectivity index is 1.40. The average molecular weight is 372 g/mol. The lowest BCUT2D eigenvalue weighted by molar-refractivity contribution is 0.0977. The van der Waals surface area contributed by atoms with Gasteiger partial charge in [0.25, 0.3) is 0 Å². The molecule has 0 bridgehead atoms. The number of likely N-dealkylation sites (tertiary alicyclic amines) is 1. The van der Waals surface area contributed by atoms with Crippen molar-refractivity contribution in [2.24, 2.45) is 23.7 Å². The number of rotatable bonds is 6. The van der Waals surface area contributed by atoms with Crippen LogP contribution >= 0.6 is 11.6 Å². The second-order valence-electron chi connectivity index (χ2n) is 8.28. The molecule has 1 aromatic carbocycles. The van der Waals surface area contributed by atoms with Crippen LogP contribution in [0, 0.1) is 23.7 Å². The van der Waals surface area contributed by atoms with Gasteiger partial charge in [-0.25, -0.2) is 0 Å². The van der Waals surface area contributed by atoms with E-state index in [4.69, 9.17) is 17.3 Å². The number of piperidine rings is 1. The molecule has 1 saturated heterocycles. The number of carbonyl (C=O) groups is 1. The summed E-state index contributed by atoms with van der Waals surface area (Å²) in [4.78, 5) is 19.8. The molecule has 26 heavy (non-hydrogen) atoms. The Morgan fingerprint density at radius 3 is 2.81 bits per heavy atom. The largest absolute Gasteiger partial charge is 0.397 e. The van der Waals surface area contributed by atoms with E-state index in [1.54, 1.807) is 12.3 Å². The highest BCUT2D eigenvalue weighted by molar-refractivity contribution is 6.35. The number of nitrogens with two attached hydrogens (primary N) is 1. The molecule has 0 spiro atoms. The maximum Gasteiger partial charge on any atom is 0.165 e. The van der Waals surface area contributed by atoms with Gasteiger partial charge in [-0.15, -0.1) is 0 Å². The summed E-state index contributed by atoms with van der Waals surface area (Å²) in [5, 5.41) is 1.19. The third kappa shape index (κ3) is 3.21. The lowest BCUT2D eigenvalue weighted by Gasteiger charge is -2.21. The van der Waals surface area contributed by atoms with Crippen LogP contribution in [0.25, 0.3) is 10.9 Å². The summed E-state index contributed by atoms with van der Waals surface area (Å²) in [5.74, 6) is 3.16. The minimum Gasteiger partial charge on any atom is -0.397 e. The Hall–Kier alpha value is -1.65. The van der Waals surface area contributed by atoms with Crippen molar-refractivity contribution in [2.75, 3.05) is 25.4 Å². The van der Waals surface area contributed by atoms with Crippen molar-refractivity contribution in [3.8, 4) is 0 Å². The third-order valence-electron chi connectivity index (χ3n) is 5.96. The number of hydrogen-bond donors (Lipinski definition) is 1. The molecule has 1 saturated carbocycles. The van der Waals surface area contributed by atoms with Gasteiger partial charge in [0.2, 0.25) is 0 Å². The number of anilines is 1. The Kier molecular flexibility index (Phi) is 4.66. The zero-order valence-corrected chi connectivity index (χ0v) is 16.2. The number of benzene rings is 1. The highest BCUT2D eigenvalue weighted by Gasteiger charge is 2.54. The maximum atomic E-state index is 12.8. The lowest BCUT2D eigenvalue weighted by Crippen LogP contribution is -2.28. The zero-order chi connectivity index (χ0) is 18.4. The number of aromatic nitrogens is 1. The fraction of sp³-hybridized carbons (Fsp3) is 0.524. The van der Waals surface area contributed by atoms with E-state index >= 15 is 0 Å². The molecule has 2 aromatic rings. The first-order valence-corrected chi connectivity index (χ1v) is 9.91. The molecule has 2 N–H and O–H groups in total. The summed E-state index contributed by atoms with van der Waals surface area (Å²) in [5.41, 5.74) is 7.80. The van der Waals surface area contributed by atoms with Gasteiger partial charge >= 0.3 is 0 Å². The highest BCUT2D eigenvalue weighted by Crippen LogP contribution is 2.54. The molecule has 2 fully saturated rings. The molecule has 2 heterocycles. The van der Waals surface area contributed by atoms with Crippen molar-refractivity contribution in [2.45, 2.75) is 26.7 Å². The summed E-state index contributed by atoms with van der Waals surface area (Å²) in [6, 6.07) is 5.37. The van der Waals surface area contributed by atoms with Crippen LogP contribution in [0.5, 0.6) is 0 Å². The van der Waals surface area contributed by atoms with Gasteiger partial charge in [-0.2, -0.15) is 0 Å². The summed E-state index contributed by atoms with van der Waals surface area (Å²) in [7, 11) is 0. The second-order valence-corrected chi connectivity index (χ2v) is 8.69. The van der Waals surface area contributed by atoms with Crippen LogP contribution in [0.1, 0.15) is 37.0 Å². The van der Waals surface area contributed by atoms with Crippen molar-refractivity contribution in [1.82, 2.24) is 9.88 Å². The van der Waals surface area contributed by atoms with Gasteiger partial charge in [-0.05, 0) is 48.3 Å². The number of pyridine rings is 1. The lowest BCUT2D eigenvalue weighted by atomic mass is 9.99. The first-order valence-electron chi connectivity index (χ1n) is 9.54. The van der Waals surface area contributed by atoms with Crippen LogP contribution in [0.3, 0.4) is 0 Å². The SMILES string of the molecule is CC(C)CN1CC2C(CCC(=O)c3cc(Cl)c(N)c4cccnc34)C2C1. The number of nitrogens with zero attached hydrogens (tertiary/aromatic N) is 2. The van der Waals surface area contributed by atoms with Gasteiger partial charge in [-0.3, -0.25) is 9.78 Å². The monoisotopic (exact) mass is 371 g/mol. The molecule has 1 aliphatic carbocycles. The summed E-state index contributed by atoms with van der Waals surface area (Å²) in [6.45, 7) is 8.16. The number of Topliss-reactive ketones (excluding diaryl/α,β-unsaturated/α-hetero) is 1. The van der Waals surface area contributed by atoms with E-state index in [0.717, 1.165) is 29.6 Å². The topological polar surface area (TPSA) is 59.2 Å². The van der Waals surface area contributed by atoms with E-state index in [2.05, 4.69) is 23.7 Å². The minimum absolute atomic E-state index is 0.125. The quantitative estimate of drug-likeness (QED) is 0.608. The third-order valence-corrected chi connectivity index (χ3v) is 6.27. The molecule has 2 unspecified atom stereocenters. The molecule has 1 aromatic heterocycles. The van der Waals surface area contributed by atoms with Crippen LogP contribution in [0.4, 0.5) is 5.69 Å². The molecule has 0 radical (unpaired) electrons. The number of halogens is 1. The van der Waals surface area contributed by atoms with Gasteiger partial charge in [0.15, 0.2) is 5.78 Å². The Bertz CT molecular complexity index is 839. The van der Waals surface area contributed by atoms with Gasteiger partial charge in [0.1, 0.15) is 0 Å². The van der Waals surface area contributed by atoms with Crippen LogP contribution in [-0.4, -0.2) is 35.3 Å². The van der Waals surface area contributed by atoms with Crippen molar-refractivity contribution >= 4 is 34.0 Å². The van der Waals surface area contributed by atoms with E-state index in [1.165, 1.54) is 19.6 Å². The smallest absolute Gasteiger partial charge is 0.165 e. The van der Waals surface area contributed by atoms with Crippen molar-refractivity contribution in [1.29, 1.82) is 0 Å². The van der Waals surface area contributed by atoms with Gasteiger partial charge < -0.3 is 10.6 Å². The standard InChI is InChI=1S/C21H26ClN3O/c1-12(2)9-25-10-16-13(17(16)11-25)5-6-19(26)15-8-18(22)20(23)14-4-3-7-24-21(14)15/h3-4,7-8,12-13,16-17H,5-6,9-11,23H2,1-2H3. The number of ketones is 1. The number of carbonyl (C=O) groups excluding carboxylic acids is 1. The normalized spacial score (nSPS) is 25.0. The molecule has 5 heteroatoms. The van der Waals surface area contributed by atoms with Crippen molar-refractivity contribution in [3.05, 3.63) is 35.0 Å². The van der Waals surface area contributed by atoms with Gasteiger partial charge in [0, 0.05) is 43.2 Å². The average Bonchev–Trinajstić information content (AvgIpc) is 3.07. The maximum absolute atomic E-state index is 12.8. The number of hydrogen-bond acceptors (Lipinski definition) is 4. The van der Waals surface area contributed by atoms with E-state index in [1.807, 2.05) is 12.1 Å². The van der Waals surface area contributed by atoms with Gasteiger partial charge in [-0.1, -0.05) is 25.4 Å². The first kappa shape index (κ1) is 17.7. The summed E-state index contributed by atoms with van der Waals surface area (Å²) in [6.07, 6.45) is 3.23. The molecule has 4 nitrogen and oxygen atoms in total.